The van der Waals surface area contributed by atoms with Crippen LogP contribution in [-0.4, -0.2) is 36.8 Å². The Hall–Kier alpha value is -2.49. The van der Waals surface area contributed by atoms with Crippen LogP contribution in [0.4, 0.5) is 13.2 Å². The van der Waals surface area contributed by atoms with Crippen molar-refractivity contribution in [1.82, 2.24) is 15.6 Å². The summed E-state index contributed by atoms with van der Waals surface area (Å²) in [6, 6.07) is 5.05. The van der Waals surface area contributed by atoms with Gasteiger partial charge in [-0.2, -0.15) is 13.2 Å². The quantitative estimate of drug-likeness (QED) is 0.524. The first-order chi connectivity index (χ1) is 12.3. The molecule has 1 heterocycles. The van der Waals surface area contributed by atoms with E-state index in [4.69, 9.17) is 4.74 Å². The fourth-order valence-electron chi connectivity index (χ4n) is 2.10. The number of nitrogens with zero attached hydrogens (tertiary/aromatic N) is 2. The first kappa shape index (κ1) is 19.8. The number of aromatic hydroxyl groups is 1. The lowest BCUT2D eigenvalue weighted by Crippen LogP contribution is -2.37. The van der Waals surface area contributed by atoms with E-state index in [9.17, 15) is 18.3 Å². The molecule has 0 spiro atoms. The van der Waals surface area contributed by atoms with Crippen molar-refractivity contribution < 1.29 is 23.0 Å². The number of phenolic OH excluding ortho intramolecular Hbond substituents is 1. The van der Waals surface area contributed by atoms with Crippen molar-refractivity contribution >= 4 is 17.3 Å². The zero-order valence-corrected chi connectivity index (χ0v) is 15.0. The Morgan fingerprint density at radius 2 is 2.12 bits per heavy atom. The maximum absolute atomic E-state index is 12.5. The monoisotopic (exact) mass is 388 g/mol. The molecule has 0 bridgehead atoms. The molecule has 10 heteroatoms. The van der Waals surface area contributed by atoms with Crippen LogP contribution in [0.15, 0.2) is 28.6 Å². The summed E-state index contributed by atoms with van der Waals surface area (Å²) >= 11 is 0.934. The molecule has 0 unspecified atom stereocenters. The molecule has 0 atom stereocenters. The molecule has 1 aromatic heterocycles. The number of aliphatic imine (C=N–C) groups is 1. The van der Waals surface area contributed by atoms with Gasteiger partial charge in [0.15, 0.2) is 11.7 Å². The number of aromatic nitrogens is 1. The summed E-state index contributed by atoms with van der Waals surface area (Å²) in [5.41, 5.74) is -0.152. The number of nitrogens with one attached hydrogen (secondary N) is 2. The number of alkyl halides is 3. The molecule has 0 aliphatic heterocycles. The fraction of sp³-hybridized carbons (Fsp3) is 0.375. The molecular formula is C16H19F3N4O2S. The van der Waals surface area contributed by atoms with Gasteiger partial charge in [-0.3, -0.25) is 4.99 Å². The number of rotatable bonds is 6. The smallest absolute Gasteiger partial charge is 0.434 e. The highest BCUT2D eigenvalue weighted by Crippen LogP contribution is 2.29. The van der Waals surface area contributed by atoms with Crippen LogP contribution in [0.5, 0.6) is 11.5 Å². The summed E-state index contributed by atoms with van der Waals surface area (Å²) in [6.45, 7) is 0.611. The summed E-state index contributed by atoms with van der Waals surface area (Å²) in [5.74, 6) is 1.14. The summed E-state index contributed by atoms with van der Waals surface area (Å²) in [7, 11) is 3.08. The van der Waals surface area contributed by atoms with Crippen LogP contribution in [0.1, 0.15) is 16.3 Å². The van der Waals surface area contributed by atoms with Crippen molar-refractivity contribution in [2.75, 3.05) is 20.7 Å². The van der Waals surface area contributed by atoms with Crippen molar-refractivity contribution in [3.05, 3.63) is 39.8 Å². The molecule has 0 aliphatic rings. The Labute approximate surface area is 152 Å². The largest absolute Gasteiger partial charge is 0.508 e. The van der Waals surface area contributed by atoms with E-state index in [1.54, 1.807) is 19.2 Å². The van der Waals surface area contributed by atoms with Gasteiger partial charge in [-0.15, -0.1) is 11.3 Å². The van der Waals surface area contributed by atoms with Gasteiger partial charge in [-0.05, 0) is 18.1 Å². The molecule has 3 N–H and O–H groups in total. The van der Waals surface area contributed by atoms with E-state index < -0.39 is 11.9 Å². The lowest BCUT2D eigenvalue weighted by atomic mass is 10.1. The second-order valence-electron chi connectivity index (χ2n) is 5.22. The topological polar surface area (TPSA) is 78.8 Å². The summed E-state index contributed by atoms with van der Waals surface area (Å²) in [5, 5.41) is 17.2. The van der Waals surface area contributed by atoms with Gasteiger partial charge in [-0.1, -0.05) is 6.07 Å². The molecule has 2 aromatic rings. The Bertz CT molecular complexity index is 762. The maximum Gasteiger partial charge on any atom is 0.434 e. The van der Waals surface area contributed by atoms with Crippen molar-refractivity contribution in [2.45, 2.75) is 19.1 Å². The van der Waals surface area contributed by atoms with E-state index in [1.165, 1.54) is 13.2 Å². The number of phenols is 1. The molecule has 0 saturated carbocycles. The number of methoxy groups -OCH3 is 1. The second kappa shape index (κ2) is 8.75. The van der Waals surface area contributed by atoms with Gasteiger partial charge in [0.2, 0.25) is 0 Å². The highest BCUT2D eigenvalue weighted by molar-refractivity contribution is 7.09. The number of ether oxygens (including phenoxy) is 1. The third-order valence-corrected chi connectivity index (χ3v) is 4.30. The van der Waals surface area contributed by atoms with Gasteiger partial charge in [-0.25, -0.2) is 4.98 Å². The number of guanidine groups is 1. The van der Waals surface area contributed by atoms with Gasteiger partial charge in [0.1, 0.15) is 16.5 Å². The van der Waals surface area contributed by atoms with Crippen LogP contribution in [0.2, 0.25) is 0 Å². The number of halogens is 3. The zero-order valence-electron chi connectivity index (χ0n) is 14.2. The van der Waals surface area contributed by atoms with Crippen LogP contribution in [-0.2, 0) is 19.1 Å². The Morgan fingerprint density at radius 3 is 2.69 bits per heavy atom. The Kier molecular flexibility index (Phi) is 6.67. The highest BCUT2D eigenvalue weighted by Gasteiger charge is 2.33. The first-order valence-electron chi connectivity index (χ1n) is 7.65. The lowest BCUT2D eigenvalue weighted by Gasteiger charge is -2.12. The third-order valence-electron chi connectivity index (χ3n) is 3.45. The highest BCUT2D eigenvalue weighted by atomic mass is 32.1. The molecule has 2 rings (SSSR count). The van der Waals surface area contributed by atoms with E-state index >= 15 is 0 Å². The van der Waals surface area contributed by atoms with Crippen molar-refractivity contribution in [2.24, 2.45) is 4.99 Å². The predicted octanol–water partition coefficient (Wildman–Crippen LogP) is 2.78. The number of hydrogen-bond donors (Lipinski definition) is 3. The molecule has 6 nitrogen and oxygen atoms in total. The van der Waals surface area contributed by atoms with Gasteiger partial charge in [0.25, 0.3) is 0 Å². The molecule has 0 radical (unpaired) electrons. The van der Waals surface area contributed by atoms with Crippen molar-refractivity contribution in [3.8, 4) is 11.5 Å². The Morgan fingerprint density at radius 1 is 1.35 bits per heavy atom. The summed E-state index contributed by atoms with van der Waals surface area (Å²) in [6.07, 6.45) is -3.90. The minimum Gasteiger partial charge on any atom is -0.508 e. The molecule has 26 heavy (non-hydrogen) atoms. The standard InChI is InChI=1S/C16H19F3N4O2S/c1-20-15(22-8-14-23-13(9-26-14)16(17,18)19)21-6-5-10-3-4-11(25-2)7-12(10)24/h3-4,7,9,24H,5-6,8H2,1-2H3,(H2,20,21,22). The summed E-state index contributed by atoms with van der Waals surface area (Å²) < 4.78 is 42.6. The number of benzene rings is 1. The summed E-state index contributed by atoms with van der Waals surface area (Å²) in [4.78, 5) is 7.55. The molecular weight excluding hydrogens is 369 g/mol. The van der Waals surface area contributed by atoms with E-state index in [2.05, 4.69) is 20.6 Å². The van der Waals surface area contributed by atoms with Crippen LogP contribution in [0.25, 0.3) is 0 Å². The van der Waals surface area contributed by atoms with E-state index in [-0.39, 0.29) is 12.3 Å². The lowest BCUT2D eigenvalue weighted by molar-refractivity contribution is -0.140. The minimum atomic E-state index is -4.44. The van der Waals surface area contributed by atoms with Gasteiger partial charge in [0, 0.05) is 25.0 Å². The zero-order chi connectivity index (χ0) is 19.2. The van der Waals surface area contributed by atoms with Gasteiger partial charge >= 0.3 is 6.18 Å². The van der Waals surface area contributed by atoms with Crippen LogP contribution >= 0.6 is 11.3 Å². The molecule has 0 fully saturated rings. The third kappa shape index (κ3) is 5.51. The van der Waals surface area contributed by atoms with Crippen molar-refractivity contribution in [1.29, 1.82) is 0 Å². The SMILES string of the molecule is CN=C(NCCc1ccc(OC)cc1O)NCc1nc(C(F)(F)F)cs1. The first-order valence-corrected chi connectivity index (χ1v) is 8.53. The van der Waals surface area contributed by atoms with E-state index in [0.29, 0.717) is 29.7 Å². The van der Waals surface area contributed by atoms with Crippen LogP contribution in [0, 0.1) is 0 Å². The molecule has 0 amide bonds. The number of thiazole rings is 1. The average Bonchev–Trinajstić information content (AvgIpc) is 3.08. The molecule has 1 aromatic carbocycles. The normalized spacial score (nSPS) is 12.1. The van der Waals surface area contributed by atoms with Crippen LogP contribution < -0.4 is 15.4 Å². The van der Waals surface area contributed by atoms with E-state index in [0.717, 1.165) is 22.3 Å². The molecule has 0 saturated heterocycles. The van der Waals surface area contributed by atoms with Gasteiger partial charge in [0.05, 0.1) is 13.7 Å². The fourth-order valence-corrected chi connectivity index (χ4v) is 2.84. The average molecular weight is 388 g/mol. The second-order valence-corrected chi connectivity index (χ2v) is 6.16. The van der Waals surface area contributed by atoms with Crippen molar-refractivity contribution in [3.63, 3.8) is 0 Å². The molecule has 0 aliphatic carbocycles. The van der Waals surface area contributed by atoms with Gasteiger partial charge < -0.3 is 20.5 Å². The van der Waals surface area contributed by atoms with Crippen LogP contribution in [0.3, 0.4) is 0 Å². The Balaban J connectivity index is 1.82. The minimum absolute atomic E-state index is 0.133. The predicted molar refractivity (Wildman–Crippen MR) is 93.7 cm³/mol. The maximum atomic E-state index is 12.5. The number of hydrogen-bond acceptors (Lipinski definition) is 5. The van der Waals surface area contributed by atoms with E-state index in [1.807, 2.05) is 0 Å². The molecule has 142 valence electrons.